The quantitative estimate of drug-likeness (QED) is 0.610. The van der Waals surface area contributed by atoms with Crippen molar-refractivity contribution in [2.24, 2.45) is 11.7 Å². The molecule has 0 spiro atoms. The summed E-state index contributed by atoms with van der Waals surface area (Å²) in [6, 6.07) is 0.473. The third-order valence-electron chi connectivity index (χ3n) is 4.46. The Kier molecular flexibility index (Phi) is 6.45. The van der Waals surface area contributed by atoms with E-state index in [2.05, 4.69) is 19.2 Å². The van der Waals surface area contributed by atoms with Crippen molar-refractivity contribution in [2.75, 3.05) is 13.2 Å². The highest BCUT2D eigenvalue weighted by Crippen LogP contribution is 2.29. The number of rotatable bonds is 8. The van der Waals surface area contributed by atoms with Crippen LogP contribution in [0.5, 0.6) is 0 Å². The van der Waals surface area contributed by atoms with Gasteiger partial charge in [0.05, 0.1) is 0 Å². The van der Waals surface area contributed by atoms with Crippen LogP contribution in [0, 0.1) is 5.92 Å². The topological polar surface area (TPSA) is 58.3 Å². The van der Waals surface area contributed by atoms with Crippen molar-refractivity contribution >= 4 is 0 Å². The highest BCUT2D eigenvalue weighted by molar-refractivity contribution is 4.94. The molecule has 0 saturated heterocycles. The van der Waals surface area contributed by atoms with Crippen molar-refractivity contribution in [3.8, 4) is 0 Å². The second kappa shape index (κ2) is 7.34. The number of hydrogen-bond donors (Lipinski definition) is 3. The van der Waals surface area contributed by atoms with Crippen LogP contribution in [-0.2, 0) is 0 Å². The van der Waals surface area contributed by atoms with Crippen LogP contribution in [-0.4, -0.2) is 29.8 Å². The van der Waals surface area contributed by atoms with Gasteiger partial charge in [0.1, 0.15) is 0 Å². The first-order chi connectivity index (χ1) is 8.21. The second-order valence-electron chi connectivity index (χ2n) is 5.57. The zero-order valence-corrected chi connectivity index (χ0v) is 11.5. The highest BCUT2D eigenvalue weighted by Gasteiger charge is 2.34. The van der Waals surface area contributed by atoms with E-state index in [0.717, 1.165) is 19.3 Å². The van der Waals surface area contributed by atoms with Crippen molar-refractivity contribution in [3.63, 3.8) is 0 Å². The summed E-state index contributed by atoms with van der Waals surface area (Å²) < 4.78 is 0. The van der Waals surface area contributed by atoms with E-state index in [1.165, 1.54) is 25.7 Å². The SMILES string of the molecule is CCCCC(CC)(CN)NC1CCCC1CO. The Morgan fingerprint density at radius 3 is 2.65 bits per heavy atom. The fourth-order valence-electron chi connectivity index (χ4n) is 3.01. The number of aliphatic hydroxyl groups excluding tert-OH is 1. The molecule has 0 amide bonds. The summed E-state index contributed by atoms with van der Waals surface area (Å²) in [5.41, 5.74) is 6.09. The fraction of sp³-hybridized carbons (Fsp3) is 1.00. The number of hydrogen-bond acceptors (Lipinski definition) is 3. The minimum Gasteiger partial charge on any atom is -0.396 e. The van der Waals surface area contributed by atoms with Crippen molar-refractivity contribution < 1.29 is 5.11 Å². The summed E-state index contributed by atoms with van der Waals surface area (Å²) in [6.45, 7) is 5.47. The Morgan fingerprint density at radius 1 is 1.35 bits per heavy atom. The molecule has 1 aliphatic carbocycles. The number of unbranched alkanes of at least 4 members (excludes halogenated alkanes) is 1. The summed E-state index contributed by atoms with van der Waals surface area (Å²) in [4.78, 5) is 0. The van der Waals surface area contributed by atoms with E-state index in [9.17, 15) is 5.11 Å². The average Bonchev–Trinajstić information content (AvgIpc) is 2.81. The van der Waals surface area contributed by atoms with Crippen LogP contribution >= 0.6 is 0 Å². The molecular formula is C14H30N2O. The van der Waals surface area contributed by atoms with E-state index in [0.29, 0.717) is 25.1 Å². The lowest BCUT2D eigenvalue weighted by atomic mass is 9.87. The van der Waals surface area contributed by atoms with E-state index in [4.69, 9.17) is 5.73 Å². The minimum absolute atomic E-state index is 0.0957. The van der Waals surface area contributed by atoms with Gasteiger partial charge in [-0.15, -0.1) is 0 Å². The summed E-state index contributed by atoms with van der Waals surface area (Å²) >= 11 is 0. The van der Waals surface area contributed by atoms with Crippen LogP contribution in [0.15, 0.2) is 0 Å². The van der Waals surface area contributed by atoms with E-state index in [1.807, 2.05) is 0 Å². The monoisotopic (exact) mass is 242 g/mol. The van der Waals surface area contributed by atoms with Gasteiger partial charge in [0, 0.05) is 24.7 Å². The molecule has 1 fully saturated rings. The van der Waals surface area contributed by atoms with Crippen molar-refractivity contribution in [3.05, 3.63) is 0 Å². The van der Waals surface area contributed by atoms with Gasteiger partial charge >= 0.3 is 0 Å². The van der Waals surface area contributed by atoms with Gasteiger partial charge in [-0.25, -0.2) is 0 Å². The number of aliphatic hydroxyl groups is 1. The minimum atomic E-state index is 0.0957. The zero-order chi connectivity index (χ0) is 12.7. The van der Waals surface area contributed by atoms with Crippen molar-refractivity contribution in [1.82, 2.24) is 5.32 Å². The molecule has 1 saturated carbocycles. The summed E-state index contributed by atoms with van der Waals surface area (Å²) in [6.07, 6.45) is 8.28. The number of nitrogens with one attached hydrogen (secondary N) is 1. The van der Waals surface area contributed by atoms with E-state index >= 15 is 0 Å². The van der Waals surface area contributed by atoms with Gasteiger partial charge < -0.3 is 16.2 Å². The smallest absolute Gasteiger partial charge is 0.0474 e. The van der Waals surface area contributed by atoms with Gasteiger partial charge in [-0.3, -0.25) is 0 Å². The molecule has 0 bridgehead atoms. The lowest BCUT2D eigenvalue weighted by Gasteiger charge is -2.37. The molecule has 0 aromatic carbocycles. The summed E-state index contributed by atoms with van der Waals surface area (Å²) in [7, 11) is 0. The Hall–Kier alpha value is -0.120. The predicted octanol–water partition coefficient (Wildman–Crippen LogP) is 2.03. The van der Waals surface area contributed by atoms with Crippen LogP contribution in [0.25, 0.3) is 0 Å². The maximum atomic E-state index is 9.38. The molecule has 0 aliphatic heterocycles. The zero-order valence-electron chi connectivity index (χ0n) is 11.5. The van der Waals surface area contributed by atoms with Crippen LogP contribution in [0.4, 0.5) is 0 Å². The summed E-state index contributed by atoms with van der Waals surface area (Å²) in [5.74, 6) is 0.439. The van der Waals surface area contributed by atoms with Gasteiger partial charge in [0.15, 0.2) is 0 Å². The molecular weight excluding hydrogens is 212 g/mol. The van der Waals surface area contributed by atoms with E-state index < -0.39 is 0 Å². The highest BCUT2D eigenvalue weighted by atomic mass is 16.3. The van der Waals surface area contributed by atoms with Crippen molar-refractivity contribution in [2.45, 2.75) is 70.4 Å². The molecule has 3 unspecified atom stereocenters. The molecule has 3 atom stereocenters. The van der Waals surface area contributed by atoms with E-state index in [1.54, 1.807) is 0 Å². The molecule has 0 aromatic heterocycles. The molecule has 3 heteroatoms. The first-order valence-corrected chi connectivity index (χ1v) is 7.30. The van der Waals surface area contributed by atoms with Gasteiger partial charge in [-0.05, 0) is 31.6 Å². The fourth-order valence-corrected chi connectivity index (χ4v) is 3.01. The molecule has 1 aliphatic rings. The van der Waals surface area contributed by atoms with Crippen LogP contribution in [0.2, 0.25) is 0 Å². The Balaban J connectivity index is 2.58. The maximum absolute atomic E-state index is 9.38. The molecule has 0 radical (unpaired) electrons. The van der Waals surface area contributed by atoms with E-state index in [-0.39, 0.29) is 5.54 Å². The van der Waals surface area contributed by atoms with Crippen LogP contribution < -0.4 is 11.1 Å². The van der Waals surface area contributed by atoms with Gasteiger partial charge in [-0.1, -0.05) is 33.1 Å². The van der Waals surface area contributed by atoms with Crippen LogP contribution in [0.1, 0.15) is 58.8 Å². The standard InChI is InChI=1S/C14H30N2O/c1-3-5-9-14(4-2,11-15)16-13-8-6-7-12(13)10-17/h12-13,16-17H,3-11,15H2,1-2H3. The third kappa shape index (κ3) is 3.94. The number of nitrogens with two attached hydrogens (primary N) is 1. The third-order valence-corrected chi connectivity index (χ3v) is 4.46. The Morgan fingerprint density at radius 2 is 2.12 bits per heavy atom. The van der Waals surface area contributed by atoms with Gasteiger partial charge in [0.2, 0.25) is 0 Å². The maximum Gasteiger partial charge on any atom is 0.0474 e. The molecule has 0 heterocycles. The molecule has 4 N–H and O–H groups in total. The molecule has 0 aromatic rings. The lowest BCUT2D eigenvalue weighted by molar-refractivity contribution is 0.171. The first-order valence-electron chi connectivity index (χ1n) is 7.30. The first kappa shape index (κ1) is 14.9. The predicted molar refractivity (Wildman–Crippen MR) is 73.0 cm³/mol. The Bertz CT molecular complexity index is 204. The normalized spacial score (nSPS) is 28.2. The Labute approximate surface area is 106 Å². The largest absolute Gasteiger partial charge is 0.396 e. The molecule has 1 rings (SSSR count). The van der Waals surface area contributed by atoms with Gasteiger partial charge in [0.25, 0.3) is 0 Å². The van der Waals surface area contributed by atoms with Crippen molar-refractivity contribution in [1.29, 1.82) is 0 Å². The molecule has 17 heavy (non-hydrogen) atoms. The van der Waals surface area contributed by atoms with Crippen LogP contribution in [0.3, 0.4) is 0 Å². The second-order valence-corrected chi connectivity index (χ2v) is 5.57. The summed E-state index contributed by atoms with van der Waals surface area (Å²) in [5, 5.41) is 13.2. The average molecular weight is 242 g/mol. The lowest BCUT2D eigenvalue weighted by Crippen LogP contribution is -2.56. The van der Waals surface area contributed by atoms with Gasteiger partial charge in [-0.2, -0.15) is 0 Å². The molecule has 102 valence electrons. The molecule has 3 nitrogen and oxygen atoms in total.